The van der Waals surface area contributed by atoms with E-state index in [0.717, 1.165) is 18.4 Å². The van der Waals surface area contributed by atoms with Crippen molar-refractivity contribution in [3.8, 4) is 0 Å². The highest BCUT2D eigenvalue weighted by atomic mass is 16.1. The van der Waals surface area contributed by atoms with Crippen LogP contribution in [0.4, 0.5) is 11.4 Å². The van der Waals surface area contributed by atoms with Crippen molar-refractivity contribution in [3.05, 3.63) is 59.2 Å². The van der Waals surface area contributed by atoms with Crippen molar-refractivity contribution in [1.82, 2.24) is 0 Å². The maximum atomic E-state index is 12.6. The number of unbranched alkanes of at least 4 members (excludes halogenated alkanes) is 7. The maximum absolute atomic E-state index is 12.6. The van der Waals surface area contributed by atoms with Gasteiger partial charge < -0.3 is 11.5 Å². The first-order chi connectivity index (χ1) is 12.6. The Morgan fingerprint density at radius 1 is 0.769 bits per heavy atom. The summed E-state index contributed by atoms with van der Waals surface area (Å²) in [5.41, 5.74) is 15.9. The summed E-state index contributed by atoms with van der Waals surface area (Å²) in [6, 6.07) is 12.8. The Labute approximate surface area is 157 Å². The van der Waals surface area contributed by atoms with Gasteiger partial charge in [0, 0.05) is 22.5 Å². The van der Waals surface area contributed by atoms with Crippen LogP contribution in [-0.4, -0.2) is 5.78 Å². The Morgan fingerprint density at radius 3 is 1.88 bits per heavy atom. The van der Waals surface area contributed by atoms with Crippen LogP contribution in [0.2, 0.25) is 0 Å². The van der Waals surface area contributed by atoms with Gasteiger partial charge in [-0.1, -0.05) is 82.2 Å². The zero-order valence-corrected chi connectivity index (χ0v) is 16.0. The summed E-state index contributed by atoms with van der Waals surface area (Å²) in [7, 11) is 0. The van der Waals surface area contributed by atoms with E-state index in [1.807, 2.05) is 30.3 Å². The molecule has 2 aromatic carbocycles. The molecule has 0 fully saturated rings. The summed E-state index contributed by atoms with van der Waals surface area (Å²) in [4.78, 5) is 12.6. The van der Waals surface area contributed by atoms with Crippen LogP contribution in [0.15, 0.2) is 42.5 Å². The first-order valence-corrected chi connectivity index (χ1v) is 9.91. The second-order valence-electron chi connectivity index (χ2n) is 7.05. The van der Waals surface area contributed by atoms with E-state index in [1.165, 1.54) is 44.9 Å². The van der Waals surface area contributed by atoms with Crippen LogP contribution in [-0.2, 0) is 6.42 Å². The predicted molar refractivity (Wildman–Crippen MR) is 111 cm³/mol. The lowest BCUT2D eigenvalue weighted by Crippen LogP contribution is -2.07. The molecule has 3 heteroatoms. The lowest BCUT2D eigenvalue weighted by molar-refractivity contribution is 0.103. The summed E-state index contributed by atoms with van der Waals surface area (Å²) in [5, 5.41) is 0. The molecule has 0 saturated carbocycles. The van der Waals surface area contributed by atoms with Crippen molar-refractivity contribution in [3.63, 3.8) is 0 Å². The fraction of sp³-hybridized carbons (Fsp3) is 0.435. The lowest BCUT2D eigenvalue weighted by Gasteiger charge is -2.12. The van der Waals surface area contributed by atoms with Crippen LogP contribution in [0.1, 0.15) is 79.8 Å². The highest BCUT2D eigenvalue weighted by Crippen LogP contribution is 2.26. The average molecular weight is 353 g/mol. The molecular weight excluding hydrogens is 320 g/mol. The first kappa shape index (κ1) is 20.0. The fourth-order valence-corrected chi connectivity index (χ4v) is 3.33. The lowest BCUT2D eigenvalue weighted by atomic mass is 9.96. The molecule has 4 N–H and O–H groups in total. The van der Waals surface area contributed by atoms with E-state index in [4.69, 9.17) is 11.5 Å². The van der Waals surface area contributed by atoms with Crippen LogP contribution in [0.5, 0.6) is 0 Å². The summed E-state index contributed by atoms with van der Waals surface area (Å²) in [6.07, 6.45) is 11.1. The molecule has 0 aliphatic rings. The van der Waals surface area contributed by atoms with Gasteiger partial charge in [0.15, 0.2) is 5.78 Å². The zero-order valence-electron chi connectivity index (χ0n) is 16.0. The minimum absolute atomic E-state index is 0.0392. The number of carbonyl (C=O) groups excluding carboxylic acids is 1. The fourth-order valence-electron chi connectivity index (χ4n) is 3.33. The van der Waals surface area contributed by atoms with Crippen molar-refractivity contribution in [1.29, 1.82) is 0 Å². The molecule has 0 spiro atoms. The summed E-state index contributed by atoms with van der Waals surface area (Å²) < 4.78 is 0. The van der Waals surface area contributed by atoms with Gasteiger partial charge in [-0.05, 0) is 30.5 Å². The molecule has 140 valence electrons. The molecule has 26 heavy (non-hydrogen) atoms. The van der Waals surface area contributed by atoms with Gasteiger partial charge in [-0.15, -0.1) is 0 Å². The summed E-state index contributed by atoms with van der Waals surface area (Å²) in [6.45, 7) is 2.24. The first-order valence-electron chi connectivity index (χ1n) is 9.91. The molecule has 0 saturated heterocycles. The molecule has 0 bridgehead atoms. The zero-order chi connectivity index (χ0) is 18.8. The Balaban J connectivity index is 1.88. The van der Waals surface area contributed by atoms with Crippen LogP contribution < -0.4 is 11.5 Å². The topological polar surface area (TPSA) is 69.1 Å². The predicted octanol–water partition coefficient (Wildman–Crippen LogP) is 5.77. The van der Waals surface area contributed by atoms with E-state index < -0.39 is 0 Å². The number of nitrogen functional groups attached to an aromatic ring is 2. The Hall–Kier alpha value is -2.29. The molecule has 0 aliphatic carbocycles. The number of rotatable bonds is 11. The Morgan fingerprint density at radius 2 is 1.31 bits per heavy atom. The molecule has 0 unspecified atom stereocenters. The largest absolute Gasteiger partial charge is 0.398 e. The van der Waals surface area contributed by atoms with Gasteiger partial charge in [0.05, 0.1) is 0 Å². The molecule has 0 radical (unpaired) electrons. The number of anilines is 2. The van der Waals surface area contributed by atoms with Crippen LogP contribution in [0.25, 0.3) is 0 Å². The molecule has 3 nitrogen and oxygen atoms in total. The van der Waals surface area contributed by atoms with Gasteiger partial charge in [0.1, 0.15) is 0 Å². The standard InChI is InChI=1S/C23H32N2O/c1-2-3-4-5-6-7-8-12-15-20-21(24)16-19(17-22(20)25)23(26)18-13-10-9-11-14-18/h9-11,13-14,16-17H,2-8,12,15,24-25H2,1H3. The molecule has 0 aliphatic heterocycles. The van der Waals surface area contributed by atoms with E-state index in [1.54, 1.807) is 12.1 Å². The number of benzene rings is 2. The molecule has 0 amide bonds. The Kier molecular flexibility index (Phi) is 8.20. The number of hydrogen-bond donors (Lipinski definition) is 2. The van der Waals surface area contributed by atoms with Crippen LogP contribution >= 0.6 is 0 Å². The third-order valence-corrected chi connectivity index (χ3v) is 4.90. The normalized spacial score (nSPS) is 10.8. The van der Waals surface area contributed by atoms with Gasteiger partial charge in [0.25, 0.3) is 0 Å². The van der Waals surface area contributed by atoms with Crippen molar-refractivity contribution in [2.24, 2.45) is 0 Å². The third-order valence-electron chi connectivity index (χ3n) is 4.90. The van der Waals surface area contributed by atoms with E-state index in [2.05, 4.69) is 6.92 Å². The Bertz CT molecular complexity index is 672. The second kappa shape index (κ2) is 10.6. The van der Waals surface area contributed by atoms with Gasteiger partial charge in [0.2, 0.25) is 0 Å². The summed E-state index contributed by atoms with van der Waals surface area (Å²) >= 11 is 0. The second-order valence-corrected chi connectivity index (χ2v) is 7.05. The van der Waals surface area contributed by atoms with Gasteiger partial charge in [-0.2, -0.15) is 0 Å². The third kappa shape index (κ3) is 5.91. The molecule has 2 rings (SSSR count). The van der Waals surface area contributed by atoms with Crippen molar-refractivity contribution >= 4 is 17.2 Å². The van der Waals surface area contributed by atoms with Gasteiger partial charge in [-0.3, -0.25) is 4.79 Å². The van der Waals surface area contributed by atoms with Gasteiger partial charge >= 0.3 is 0 Å². The van der Waals surface area contributed by atoms with Crippen molar-refractivity contribution in [2.75, 3.05) is 11.5 Å². The highest BCUT2D eigenvalue weighted by Gasteiger charge is 2.13. The quantitative estimate of drug-likeness (QED) is 0.306. The number of carbonyl (C=O) groups is 1. The highest BCUT2D eigenvalue weighted by molar-refractivity contribution is 6.10. The number of nitrogens with two attached hydrogens (primary N) is 2. The molecule has 0 heterocycles. The molecule has 2 aromatic rings. The molecular formula is C23H32N2O. The molecule has 0 atom stereocenters. The van der Waals surface area contributed by atoms with E-state index in [0.29, 0.717) is 22.5 Å². The van der Waals surface area contributed by atoms with E-state index in [-0.39, 0.29) is 5.78 Å². The smallest absolute Gasteiger partial charge is 0.193 e. The number of hydrogen-bond acceptors (Lipinski definition) is 3. The molecule has 0 aromatic heterocycles. The monoisotopic (exact) mass is 352 g/mol. The average Bonchev–Trinajstić information content (AvgIpc) is 2.65. The minimum Gasteiger partial charge on any atom is -0.398 e. The number of ketones is 1. The SMILES string of the molecule is CCCCCCCCCCc1c(N)cc(C(=O)c2ccccc2)cc1N. The minimum atomic E-state index is -0.0392. The maximum Gasteiger partial charge on any atom is 0.193 e. The van der Waals surface area contributed by atoms with Crippen molar-refractivity contribution < 1.29 is 4.79 Å². The van der Waals surface area contributed by atoms with Crippen molar-refractivity contribution in [2.45, 2.75) is 64.7 Å². The van der Waals surface area contributed by atoms with Gasteiger partial charge in [-0.25, -0.2) is 0 Å². The van der Waals surface area contributed by atoms with E-state index >= 15 is 0 Å². The summed E-state index contributed by atoms with van der Waals surface area (Å²) in [5.74, 6) is -0.0392. The van der Waals surface area contributed by atoms with Crippen LogP contribution in [0.3, 0.4) is 0 Å². The van der Waals surface area contributed by atoms with E-state index in [9.17, 15) is 4.79 Å². The van der Waals surface area contributed by atoms with Crippen LogP contribution in [0, 0.1) is 0 Å².